The van der Waals surface area contributed by atoms with E-state index in [2.05, 4.69) is 20.8 Å². The van der Waals surface area contributed by atoms with Gasteiger partial charge in [-0.1, -0.05) is 45.0 Å². The molecule has 1 aliphatic rings. The quantitative estimate of drug-likeness (QED) is 0.855. The predicted octanol–water partition coefficient (Wildman–Crippen LogP) is 3.60. The maximum atomic E-state index is 10.9. The molecule has 2 rings (SSSR count). The molecular formula is C17H26O2. The van der Waals surface area contributed by atoms with E-state index in [1.165, 1.54) is 0 Å². The Labute approximate surface area is 116 Å². The Hall–Kier alpha value is -0.860. The summed E-state index contributed by atoms with van der Waals surface area (Å²) in [7, 11) is 0. The third-order valence-electron chi connectivity index (χ3n) is 4.73. The molecule has 1 saturated carbocycles. The third kappa shape index (κ3) is 3.01. The Morgan fingerprint density at radius 3 is 2.26 bits per heavy atom. The monoisotopic (exact) mass is 262 g/mol. The first-order chi connectivity index (χ1) is 8.87. The highest BCUT2D eigenvalue weighted by atomic mass is 16.3. The lowest BCUT2D eigenvalue weighted by atomic mass is 9.66. The van der Waals surface area contributed by atoms with Crippen molar-refractivity contribution in [2.24, 2.45) is 11.3 Å². The largest absolute Gasteiger partial charge is 0.392 e. The van der Waals surface area contributed by atoms with Gasteiger partial charge in [-0.15, -0.1) is 0 Å². The molecule has 0 amide bonds. The van der Waals surface area contributed by atoms with Gasteiger partial charge < -0.3 is 10.2 Å². The zero-order valence-electron chi connectivity index (χ0n) is 12.3. The minimum Gasteiger partial charge on any atom is -0.392 e. The molecule has 0 aliphatic heterocycles. The summed E-state index contributed by atoms with van der Waals surface area (Å²) in [6, 6.07) is 7.73. The lowest BCUT2D eigenvalue weighted by Gasteiger charge is -2.42. The Kier molecular flexibility index (Phi) is 4.03. The Bertz CT molecular complexity index is 423. The van der Waals surface area contributed by atoms with Crippen LogP contribution in [-0.2, 0) is 12.2 Å². The number of aliphatic hydroxyl groups excluding tert-OH is 1. The molecule has 2 heteroatoms. The molecule has 1 fully saturated rings. The average molecular weight is 262 g/mol. The van der Waals surface area contributed by atoms with Crippen LogP contribution in [0.5, 0.6) is 0 Å². The minimum absolute atomic E-state index is 0.00117. The van der Waals surface area contributed by atoms with Crippen molar-refractivity contribution in [2.75, 3.05) is 0 Å². The fourth-order valence-corrected chi connectivity index (χ4v) is 3.34. The minimum atomic E-state index is -0.749. The summed E-state index contributed by atoms with van der Waals surface area (Å²) >= 11 is 0. The normalized spacial score (nSPS) is 28.4. The SMILES string of the molecule is CC(C)(C)C1CCC(O)(c2ccccc2CO)CC1. The van der Waals surface area contributed by atoms with Crippen molar-refractivity contribution in [3.8, 4) is 0 Å². The second-order valence-corrected chi connectivity index (χ2v) is 6.99. The van der Waals surface area contributed by atoms with E-state index >= 15 is 0 Å². The summed E-state index contributed by atoms with van der Waals surface area (Å²) in [5.74, 6) is 0.675. The highest BCUT2D eigenvalue weighted by Crippen LogP contribution is 2.46. The molecule has 19 heavy (non-hydrogen) atoms. The first kappa shape index (κ1) is 14.5. The van der Waals surface area contributed by atoms with Crippen molar-refractivity contribution in [1.82, 2.24) is 0 Å². The third-order valence-corrected chi connectivity index (χ3v) is 4.73. The Morgan fingerprint density at radius 1 is 1.16 bits per heavy atom. The smallest absolute Gasteiger partial charge is 0.0900 e. The van der Waals surface area contributed by atoms with Gasteiger partial charge in [-0.3, -0.25) is 0 Å². The Balaban J connectivity index is 2.18. The van der Waals surface area contributed by atoms with Crippen LogP contribution in [0.1, 0.15) is 57.6 Å². The van der Waals surface area contributed by atoms with Gasteiger partial charge in [0.1, 0.15) is 0 Å². The van der Waals surface area contributed by atoms with Crippen LogP contribution in [0.2, 0.25) is 0 Å². The zero-order valence-corrected chi connectivity index (χ0v) is 12.3. The van der Waals surface area contributed by atoms with Crippen molar-refractivity contribution in [3.05, 3.63) is 35.4 Å². The van der Waals surface area contributed by atoms with Gasteiger partial charge in [0, 0.05) is 0 Å². The zero-order chi connectivity index (χ0) is 14.1. The summed E-state index contributed by atoms with van der Waals surface area (Å²) in [6.45, 7) is 6.85. The molecule has 1 aromatic rings. The van der Waals surface area contributed by atoms with Crippen molar-refractivity contribution in [2.45, 2.75) is 58.7 Å². The lowest BCUT2D eigenvalue weighted by Crippen LogP contribution is -2.36. The number of aliphatic hydroxyl groups is 2. The van der Waals surface area contributed by atoms with Crippen molar-refractivity contribution in [3.63, 3.8) is 0 Å². The molecule has 0 aromatic heterocycles. The van der Waals surface area contributed by atoms with E-state index < -0.39 is 5.60 Å². The number of benzene rings is 1. The molecule has 2 N–H and O–H groups in total. The standard InChI is InChI=1S/C17H26O2/c1-16(2,3)14-8-10-17(19,11-9-14)15-7-5-4-6-13(15)12-18/h4-7,14,18-19H,8-12H2,1-3H3. The lowest BCUT2D eigenvalue weighted by molar-refractivity contribution is -0.0310. The van der Waals surface area contributed by atoms with E-state index in [4.69, 9.17) is 0 Å². The predicted molar refractivity (Wildman–Crippen MR) is 77.7 cm³/mol. The maximum absolute atomic E-state index is 10.9. The summed E-state index contributed by atoms with van der Waals surface area (Å²) in [6.07, 6.45) is 3.71. The molecule has 0 heterocycles. The molecule has 106 valence electrons. The molecule has 0 unspecified atom stereocenters. The van der Waals surface area contributed by atoms with Gasteiger partial charge >= 0.3 is 0 Å². The van der Waals surface area contributed by atoms with Gasteiger partial charge in [0.25, 0.3) is 0 Å². The van der Waals surface area contributed by atoms with E-state index in [1.54, 1.807) is 0 Å². The van der Waals surface area contributed by atoms with E-state index in [9.17, 15) is 10.2 Å². The fourth-order valence-electron chi connectivity index (χ4n) is 3.34. The second-order valence-electron chi connectivity index (χ2n) is 6.99. The molecule has 0 saturated heterocycles. The fraction of sp³-hybridized carbons (Fsp3) is 0.647. The molecule has 0 radical (unpaired) electrons. The van der Waals surface area contributed by atoms with Crippen LogP contribution in [0.4, 0.5) is 0 Å². The topological polar surface area (TPSA) is 40.5 Å². The molecule has 0 spiro atoms. The van der Waals surface area contributed by atoms with Crippen LogP contribution in [0.25, 0.3) is 0 Å². The van der Waals surface area contributed by atoms with Crippen molar-refractivity contribution < 1.29 is 10.2 Å². The second kappa shape index (κ2) is 5.26. The summed E-state index contributed by atoms with van der Waals surface area (Å²) in [5.41, 5.74) is 1.35. The first-order valence-electron chi connectivity index (χ1n) is 7.28. The molecule has 1 aliphatic carbocycles. The van der Waals surface area contributed by atoms with E-state index in [-0.39, 0.29) is 6.61 Å². The van der Waals surface area contributed by atoms with Gasteiger partial charge in [0.15, 0.2) is 0 Å². The molecular weight excluding hydrogens is 236 g/mol. The summed E-state index contributed by atoms with van der Waals surface area (Å²) in [5, 5.41) is 20.4. The van der Waals surface area contributed by atoms with Gasteiger partial charge in [-0.05, 0) is 48.1 Å². The van der Waals surface area contributed by atoms with Gasteiger partial charge in [0.2, 0.25) is 0 Å². The van der Waals surface area contributed by atoms with Gasteiger partial charge in [0.05, 0.1) is 12.2 Å². The summed E-state index contributed by atoms with van der Waals surface area (Å²) < 4.78 is 0. The van der Waals surface area contributed by atoms with Gasteiger partial charge in [-0.25, -0.2) is 0 Å². The van der Waals surface area contributed by atoms with Crippen LogP contribution in [-0.4, -0.2) is 10.2 Å². The van der Waals surface area contributed by atoms with Crippen LogP contribution in [0.15, 0.2) is 24.3 Å². The molecule has 0 bridgehead atoms. The highest BCUT2D eigenvalue weighted by Gasteiger charge is 2.39. The number of hydrogen-bond donors (Lipinski definition) is 2. The van der Waals surface area contributed by atoms with E-state index in [0.717, 1.165) is 36.8 Å². The molecule has 2 nitrogen and oxygen atoms in total. The van der Waals surface area contributed by atoms with Crippen molar-refractivity contribution in [1.29, 1.82) is 0 Å². The number of rotatable bonds is 2. The van der Waals surface area contributed by atoms with Crippen molar-refractivity contribution >= 4 is 0 Å². The van der Waals surface area contributed by atoms with E-state index in [1.807, 2.05) is 24.3 Å². The van der Waals surface area contributed by atoms with Crippen LogP contribution in [0.3, 0.4) is 0 Å². The van der Waals surface area contributed by atoms with Crippen LogP contribution < -0.4 is 0 Å². The first-order valence-corrected chi connectivity index (χ1v) is 7.28. The molecule has 0 atom stereocenters. The van der Waals surface area contributed by atoms with E-state index in [0.29, 0.717) is 11.3 Å². The number of hydrogen-bond acceptors (Lipinski definition) is 2. The Morgan fingerprint density at radius 2 is 1.74 bits per heavy atom. The van der Waals surface area contributed by atoms with Crippen LogP contribution >= 0.6 is 0 Å². The molecule has 1 aromatic carbocycles. The highest BCUT2D eigenvalue weighted by molar-refractivity contribution is 5.32. The maximum Gasteiger partial charge on any atom is 0.0900 e. The summed E-state index contributed by atoms with van der Waals surface area (Å²) in [4.78, 5) is 0. The van der Waals surface area contributed by atoms with Gasteiger partial charge in [-0.2, -0.15) is 0 Å². The average Bonchev–Trinajstić information content (AvgIpc) is 2.38. The van der Waals surface area contributed by atoms with Crippen LogP contribution in [0, 0.1) is 11.3 Å².